The molecule has 0 aliphatic carbocycles. The number of ether oxygens (including phenoxy) is 1. The average Bonchev–Trinajstić information content (AvgIpc) is 3.27. The first-order valence-electron chi connectivity index (χ1n) is 11.0. The predicted octanol–water partition coefficient (Wildman–Crippen LogP) is 3.52. The number of amides is 1. The summed E-state index contributed by atoms with van der Waals surface area (Å²) in [5.74, 6) is -0.833. The molecule has 0 saturated carbocycles. The molecule has 34 heavy (non-hydrogen) atoms. The van der Waals surface area contributed by atoms with Gasteiger partial charge in [0.25, 0.3) is 5.56 Å². The Kier molecular flexibility index (Phi) is 6.53. The summed E-state index contributed by atoms with van der Waals surface area (Å²) in [7, 11) is 0. The molecule has 0 aliphatic rings. The molecule has 0 radical (unpaired) electrons. The van der Waals surface area contributed by atoms with Crippen LogP contribution in [0.5, 0.6) is 0 Å². The number of aromatic nitrogens is 4. The van der Waals surface area contributed by atoms with Crippen LogP contribution >= 0.6 is 0 Å². The van der Waals surface area contributed by atoms with Crippen LogP contribution in [0.2, 0.25) is 0 Å². The van der Waals surface area contributed by atoms with Crippen molar-refractivity contribution < 1.29 is 14.3 Å². The molecule has 2 aromatic heterocycles. The highest BCUT2D eigenvalue weighted by molar-refractivity contribution is 5.93. The van der Waals surface area contributed by atoms with E-state index >= 15 is 0 Å². The van der Waals surface area contributed by atoms with Gasteiger partial charge in [0.2, 0.25) is 5.91 Å². The quantitative estimate of drug-likeness (QED) is 0.424. The van der Waals surface area contributed by atoms with E-state index in [1.54, 1.807) is 42.1 Å². The molecule has 0 aliphatic heterocycles. The van der Waals surface area contributed by atoms with Gasteiger partial charge in [-0.3, -0.25) is 9.59 Å². The van der Waals surface area contributed by atoms with E-state index in [0.717, 1.165) is 5.69 Å². The molecule has 1 amide bonds. The Morgan fingerprint density at radius 2 is 1.76 bits per heavy atom. The topological polar surface area (TPSA) is 108 Å². The minimum atomic E-state index is -0.430. The Balaban J connectivity index is 1.64. The SMILES string of the molecule is CCOC(=O)c1ccc(NC(=O)Cn2nc(C(C)C)c3cnn(-c4ccccc4)c3c2=O)cc1. The van der Waals surface area contributed by atoms with Gasteiger partial charge in [-0.2, -0.15) is 10.2 Å². The number of nitrogens with zero attached hydrogens (tertiary/aromatic N) is 4. The number of anilines is 1. The maximum atomic E-state index is 13.3. The lowest BCUT2D eigenvalue weighted by molar-refractivity contribution is -0.117. The van der Waals surface area contributed by atoms with Gasteiger partial charge < -0.3 is 10.1 Å². The molecule has 0 unspecified atom stereocenters. The number of carbonyl (C=O) groups is 2. The van der Waals surface area contributed by atoms with Gasteiger partial charge in [-0.05, 0) is 49.2 Å². The first kappa shape index (κ1) is 22.9. The van der Waals surface area contributed by atoms with E-state index in [-0.39, 0.29) is 19.1 Å². The molecule has 0 bridgehead atoms. The highest BCUT2D eigenvalue weighted by atomic mass is 16.5. The first-order valence-corrected chi connectivity index (χ1v) is 11.0. The van der Waals surface area contributed by atoms with Crippen molar-refractivity contribution in [2.24, 2.45) is 0 Å². The second kappa shape index (κ2) is 9.70. The second-order valence-electron chi connectivity index (χ2n) is 8.00. The van der Waals surface area contributed by atoms with Crippen LogP contribution in [0.25, 0.3) is 16.6 Å². The summed E-state index contributed by atoms with van der Waals surface area (Å²) in [4.78, 5) is 37.9. The van der Waals surface area contributed by atoms with Gasteiger partial charge in [-0.15, -0.1) is 0 Å². The minimum Gasteiger partial charge on any atom is -0.462 e. The monoisotopic (exact) mass is 459 g/mol. The number of benzene rings is 2. The van der Waals surface area contributed by atoms with E-state index in [0.29, 0.717) is 27.8 Å². The van der Waals surface area contributed by atoms with Crippen molar-refractivity contribution in [2.45, 2.75) is 33.2 Å². The second-order valence-corrected chi connectivity index (χ2v) is 8.00. The number of rotatable bonds is 7. The first-order chi connectivity index (χ1) is 16.4. The fraction of sp³-hybridized carbons (Fsp3) is 0.240. The summed E-state index contributed by atoms with van der Waals surface area (Å²) in [5, 5.41) is 12.3. The van der Waals surface area contributed by atoms with Crippen LogP contribution in [0, 0.1) is 0 Å². The van der Waals surface area contributed by atoms with E-state index in [2.05, 4.69) is 15.5 Å². The van der Waals surface area contributed by atoms with Crippen molar-refractivity contribution in [3.05, 3.63) is 82.4 Å². The van der Waals surface area contributed by atoms with E-state index in [9.17, 15) is 14.4 Å². The van der Waals surface area contributed by atoms with Crippen molar-refractivity contribution in [1.82, 2.24) is 19.6 Å². The van der Waals surface area contributed by atoms with Gasteiger partial charge in [0.15, 0.2) is 0 Å². The third kappa shape index (κ3) is 4.59. The number of carbonyl (C=O) groups excluding carboxylic acids is 2. The van der Waals surface area contributed by atoms with Gasteiger partial charge in [0.05, 0.1) is 29.7 Å². The highest BCUT2D eigenvalue weighted by Gasteiger charge is 2.20. The standard InChI is InChI=1S/C25H25N5O4/c1-4-34-25(33)17-10-12-18(13-11-17)27-21(31)15-29-24(32)23-20(22(28-29)16(2)3)14-26-30(23)19-8-6-5-7-9-19/h5-14,16H,4,15H2,1-3H3,(H,27,31). The lowest BCUT2D eigenvalue weighted by Crippen LogP contribution is -2.31. The maximum Gasteiger partial charge on any atom is 0.338 e. The van der Waals surface area contributed by atoms with Crippen LogP contribution in [-0.2, 0) is 16.1 Å². The molecule has 4 rings (SSSR count). The van der Waals surface area contributed by atoms with Crippen LogP contribution in [0.1, 0.15) is 42.7 Å². The number of hydrogen-bond donors (Lipinski definition) is 1. The summed E-state index contributed by atoms with van der Waals surface area (Å²) in [6.07, 6.45) is 1.64. The van der Waals surface area contributed by atoms with E-state index in [4.69, 9.17) is 4.74 Å². The lowest BCUT2D eigenvalue weighted by Gasteiger charge is -2.12. The van der Waals surface area contributed by atoms with Gasteiger partial charge in [-0.1, -0.05) is 32.0 Å². The smallest absolute Gasteiger partial charge is 0.338 e. The van der Waals surface area contributed by atoms with Crippen molar-refractivity contribution in [3.8, 4) is 5.69 Å². The van der Waals surface area contributed by atoms with Gasteiger partial charge in [0, 0.05) is 11.1 Å². The predicted molar refractivity (Wildman–Crippen MR) is 128 cm³/mol. The number of hydrogen-bond acceptors (Lipinski definition) is 6. The fourth-order valence-electron chi connectivity index (χ4n) is 3.63. The Labute approximate surface area is 196 Å². The maximum absolute atomic E-state index is 13.3. The minimum absolute atomic E-state index is 0.0151. The molecule has 2 heterocycles. The molecule has 1 N–H and O–H groups in total. The number of nitrogens with one attached hydrogen (secondary N) is 1. The van der Waals surface area contributed by atoms with E-state index in [1.807, 2.05) is 44.2 Å². The summed E-state index contributed by atoms with van der Waals surface area (Å²) < 4.78 is 7.71. The molecule has 4 aromatic rings. The Hall–Kier alpha value is -4.27. The third-order valence-electron chi connectivity index (χ3n) is 5.23. The molecular formula is C25H25N5O4. The Morgan fingerprint density at radius 1 is 1.06 bits per heavy atom. The van der Waals surface area contributed by atoms with Gasteiger partial charge in [-0.25, -0.2) is 14.2 Å². The summed E-state index contributed by atoms with van der Waals surface area (Å²) in [6, 6.07) is 15.7. The molecule has 0 saturated heterocycles. The van der Waals surface area contributed by atoms with Crippen molar-refractivity contribution in [1.29, 1.82) is 0 Å². The third-order valence-corrected chi connectivity index (χ3v) is 5.23. The zero-order valence-electron chi connectivity index (χ0n) is 19.2. The number of fused-ring (bicyclic) bond motifs is 1. The molecule has 0 spiro atoms. The molecule has 0 atom stereocenters. The molecule has 0 fully saturated rings. The van der Waals surface area contributed by atoms with Crippen LogP contribution < -0.4 is 10.9 Å². The molecule has 9 nitrogen and oxygen atoms in total. The average molecular weight is 460 g/mol. The van der Waals surface area contributed by atoms with E-state index in [1.165, 1.54) is 4.68 Å². The Morgan fingerprint density at radius 3 is 2.41 bits per heavy atom. The normalized spacial score (nSPS) is 11.1. The summed E-state index contributed by atoms with van der Waals surface area (Å²) in [6.45, 7) is 5.69. The van der Waals surface area contributed by atoms with Gasteiger partial charge >= 0.3 is 5.97 Å². The van der Waals surface area contributed by atoms with E-state index < -0.39 is 17.4 Å². The van der Waals surface area contributed by atoms with Crippen LogP contribution in [0.3, 0.4) is 0 Å². The highest BCUT2D eigenvalue weighted by Crippen LogP contribution is 2.23. The lowest BCUT2D eigenvalue weighted by atomic mass is 10.1. The zero-order valence-corrected chi connectivity index (χ0v) is 19.2. The van der Waals surface area contributed by atoms with Crippen molar-refractivity contribution >= 4 is 28.5 Å². The zero-order chi connectivity index (χ0) is 24.2. The molecular weight excluding hydrogens is 434 g/mol. The number of para-hydroxylation sites is 1. The summed E-state index contributed by atoms with van der Waals surface area (Å²) in [5.41, 5.74) is 2.27. The van der Waals surface area contributed by atoms with Gasteiger partial charge in [0.1, 0.15) is 12.1 Å². The molecule has 2 aromatic carbocycles. The van der Waals surface area contributed by atoms with Crippen LogP contribution in [0.15, 0.2) is 65.6 Å². The molecule has 9 heteroatoms. The Bertz CT molecular complexity index is 1390. The number of esters is 1. The van der Waals surface area contributed by atoms with Crippen LogP contribution in [0.4, 0.5) is 5.69 Å². The fourth-order valence-corrected chi connectivity index (χ4v) is 3.63. The largest absolute Gasteiger partial charge is 0.462 e. The van der Waals surface area contributed by atoms with Crippen LogP contribution in [-0.4, -0.2) is 38.0 Å². The molecule has 174 valence electrons. The van der Waals surface area contributed by atoms with Crippen molar-refractivity contribution in [3.63, 3.8) is 0 Å². The van der Waals surface area contributed by atoms with Crippen molar-refractivity contribution in [2.75, 3.05) is 11.9 Å². The summed E-state index contributed by atoms with van der Waals surface area (Å²) >= 11 is 0.